The lowest BCUT2D eigenvalue weighted by Gasteiger charge is -2.04. The van der Waals surface area contributed by atoms with Gasteiger partial charge in [-0.1, -0.05) is 50.9 Å². The Morgan fingerprint density at radius 1 is 1.08 bits per heavy atom. The molecule has 0 aliphatic heterocycles. The Hall–Kier alpha value is -1.58. The van der Waals surface area contributed by atoms with Gasteiger partial charge in [0.1, 0.15) is 0 Å². The molecule has 0 saturated heterocycles. The molecule has 1 fully saturated rings. The Labute approximate surface area is 160 Å². The summed E-state index contributed by atoms with van der Waals surface area (Å²) in [5.41, 5.74) is 3.76. The molecular weight excluding hydrogens is 353 g/mol. The van der Waals surface area contributed by atoms with E-state index < -0.39 is 0 Å². The molecule has 4 rings (SSSR count). The van der Waals surface area contributed by atoms with Crippen molar-refractivity contribution >= 4 is 28.8 Å². The fourth-order valence-corrected chi connectivity index (χ4v) is 3.32. The highest BCUT2D eigenvalue weighted by Crippen LogP contribution is 2.58. The van der Waals surface area contributed by atoms with Crippen LogP contribution in [-0.2, 0) is 0 Å². The number of nitrogens with zero attached hydrogens (tertiary/aromatic N) is 3. The van der Waals surface area contributed by atoms with Gasteiger partial charge >= 0.3 is 0 Å². The van der Waals surface area contributed by atoms with Crippen molar-refractivity contribution in [2.45, 2.75) is 47.0 Å². The largest absolute Gasteiger partial charge is 0.302 e. The monoisotopic (exact) mass is 377 g/mol. The zero-order valence-electron chi connectivity index (χ0n) is 15.4. The second-order valence-electron chi connectivity index (χ2n) is 6.65. The van der Waals surface area contributed by atoms with Crippen molar-refractivity contribution in [3.05, 3.63) is 64.3 Å². The molecule has 1 aromatic carbocycles. The minimum absolute atomic E-state index is 0.439. The molecule has 0 radical (unpaired) electrons. The summed E-state index contributed by atoms with van der Waals surface area (Å²) in [6.45, 7) is 10.6. The first-order chi connectivity index (χ1) is 11.9. The quantitative estimate of drug-likeness (QED) is 0.479. The summed E-state index contributed by atoms with van der Waals surface area (Å²) in [6.07, 6.45) is 8.47. The number of hydrogen-bond acceptors (Lipinski definition) is 2. The molecule has 3 aromatic rings. The van der Waals surface area contributed by atoms with Crippen LogP contribution >= 0.6 is 23.2 Å². The summed E-state index contributed by atoms with van der Waals surface area (Å²) >= 11 is 11.9. The first kappa shape index (κ1) is 19.7. The van der Waals surface area contributed by atoms with E-state index in [9.17, 15) is 0 Å². The van der Waals surface area contributed by atoms with Gasteiger partial charge in [-0.2, -0.15) is 0 Å². The smallest absolute Gasteiger partial charge is 0.155 e. The number of aromatic nitrogens is 3. The molecular formula is C20H25Cl2N3. The highest BCUT2D eigenvalue weighted by atomic mass is 35.5. The van der Waals surface area contributed by atoms with Gasteiger partial charge in [-0.3, -0.25) is 4.98 Å². The molecule has 5 heteroatoms. The van der Waals surface area contributed by atoms with Gasteiger partial charge in [0, 0.05) is 34.3 Å². The molecule has 3 nitrogen and oxygen atoms in total. The molecule has 134 valence electrons. The zero-order chi connectivity index (χ0) is 18.6. The van der Waals surface area contributed by atoms with Crippen LogP contribution < -0.4 is 0 Å². The molecule has 0 spiro atoms. The van der Waals surface area contributed by atoms with E-state index in [1.807, 2.05) is 49.7 Å². The highest BCUT2D eigenvalue weighted by Gasteiger charge is 2.46. The third-order valence-corrected chi connectivity index (χ3v) is 4.74. The fourth-order valence-electron chi connectivity index (χ4n) is 2.78. The van der Waals surface area contributed by atoms with Crippen LogP contribution in [0, 0.1) is 12.3 Å². The molecule has 25 heavy (non-hydrogen) atoms. The van der Waals surface area contributed by atoms with E-state index >= 15 is 0 Å². The normalized spacial score (nSPS) is 17.2. The van der Waals surface area contributed by atoms with Crippen molar-refractivity contribution in [2.24, 2.45) is 5.41 Å². The van der Waals surface area contributed by atoms with Crippen molar-refractivity contribution in [3.63, 3.8) is 0 Å². The van der Waals surface area contributed by atoms with Crippen LogP contribution in [0.2, 0.25) is 10.0 Å². The lowest BCUT2D eigenvalue weighted by molar-refractivity contribution is 0.622. The van der Waals surface area contributed by atoms with Crippen LogP contribution in [0.25, 0.3) is 5.65 Å². The van der Waals surface area contributed by atoms with E-state index in [1.54, 1.807) is 18.5 Å². The Bertz CT molecular complexity index is 820. The number of imidazole rings is 1. The zero-order valence-corrected chi connectivity index (χ0v) is 16.9. The number of fused-ring (bicyclic) bond motifs is 1. The SMILES string of the molecule is CC.CC1(C)C[C@H]1c1cc(Cl)cc(Cl)c1.Cc1cnc2cnccn12. The first-order valence-corrected chi connectivity index (χ1v) is 9.32. The van der Waals surface area contributed by atoms with Crippen LogP contribution in [0.3, 0.4) is 0 Å². The van der Waals surface area contributed by atoms with Crippen LogP contribution in [0.1, 0.15) is 51.3 Å². The minimum atomic E-state index is 0.439. The molecule has 0 bridgehead atoms. The van der Waals surface area contributed by atoms with Crippen molar-refractivity contribution in [1.82, 2.24) is 14.4 Å². The average Bonchev–Trinajstić information content (AvgIpc) is 3.06. The van der Waals surface area contributed by atoms with Crippen LogP contribution in [0.5, 0.6) is 0 Å². The molecule has 2 aromatic heterocycles. The number of halogens is 2. The third-order valence-electron chi connectivity index (χ3n) is 4.30. The topological polar surface area (TPSA) is 30.2 Å². The van der Waals surface area contributed by atoms with Gasteiger partial charge in [0.15, 0.2) is 5.65 Å². The van der Waals surface area contributed by atoms with Gasteiger partial charge in [-0.25, -0.2) is 4.98 Å². The first-order valence-electron chi connectivity index (χ1n) is 8.56. The van der Waals surface area contributed by atoms with Crippen LogP contribution in [0.4, 0.5) is 0 Å². The number of rotatable bonds is 1. The second kappa shape index (κ2) is 8.20. The Balaban J connectivity index is 0.000000168. The van der Waals surface area contributed by atoms with Crippen molar-refractivity contribution in [1.29, 1.82) is 0 Å². The molecule has 0 unspecified atom stereocenters. The lowest BCUT2D eigenvalue weighted by Crippen LogP contribution is -1.89. The molecule has 2 heterocycles. The summed E-state index contributed by atoms with van der Waals surface area (Å²) in [7, 11) is 0. The number of benzene rings is 1. The van der Waals surface area contributed by atoms with Gasteiger partial charge in [-0.15, -0.1) is 0 Å². The van der Waals surface area contributed by atoms with Gasteiger partial charge in [0.05, 0.1) is 6.20 Å². The maximum absolute atomic E-state index is 5.93. The van der Waals surface area contributed by atoms with Crippen LogP contribution in [-0.4, -0.2) is 14.4 Å². The second-order valence-corrected chi connectivity index (χ2v) is 7.53. The van der Waals surface area contributed by atoms with E-state index in [1.165, 1.54) is 12.0 Å². The van der Waals surface area contributed by atoms with Crippen molar-refractivity contribution in [2.75, 3.05) is 0 Å². The Kier molecular flexibility index (Phi) is 6.47. The molecule has 1 aliphatic carbocycles. The van der Waals surface area contributed by atoms with Gasteiger partial charge in [-0.05, 0) is 48.4 Å². The van der Waals surface area contributed by atoms with E-state index in [4.69, 9.17) is 23.2 Å². The molecule has 1 aliphatic rings. The number of hydrogen-bond donors (Lipinski definition) is 0. The molecule has 1 saturated carbocycles. The Morgan fingerprint density at radius 3 is 2.20 bits per heavy atom. The Morgan fingerprint density at radius 2 is 1.68 bits per heavy atom. The summed E-state index contributed by atoms with van der Waals surface area (Å²) in [4.78, 5) is 8.06. The molecule has 0 amide bonds. The van der Waals surface area contributed by atoms with E-state index in [-0.39, 0.29) is 0 Å². The minimum Gasteiger partial charge on any atom is -0.302 e. The maximum atomic E-state index is 5.93. The van der Waals surface area contributed by atoms with E-state index in [0.29, 0.717) is 11.3 Å². The predicted molar refractivity (Wildman–Crippen MR) is 107 cm³/mol. The standard InChI is InChI=1S/C11H12Cl2.C7H7N3.C2H6/c1-11(2)6-10(11)7-3-8(12)5-9(13)4-7;1-6-4-9-7-5-8-2-3-10(6)7;1-2/h3-5,10H,6H2,1-2H3;2-5H,1H3;1-2H3/t10-;;/m0../s1. The summed E-state index contributed by atoms with van der Waals surface area (Å²) < 4.78 is 1.99. The third kappa shape index (κ3) is 4.96. The van der Waals surface area contributed by atoms with Gasteiger partial charge in [0.25, 0.3) is 0 Å². The molecule has 1 atom stereocenters. The van der Waals surface area contributed by atoms with Crippen molar-refractivity contribution < 1.29 is 0 Å². The number of aryl methyl sites for hydroxylation is 1. The summed E-state index contributed by atoms with van der Waals surface area (Å²) in [5, 5.41) is 1.48. The predicted octanol–water partition coefficient (Wildman–Crippen LogP) is 6.57. The lowest BCUT2D eigenvalue weighted by atomic mass is 10.0. The summed E-state index contributed by atoms with van der Waals surface area (Å²) in [5.74, 6) is 0.642. The molecule has 0 N–H and O–H groups in total. The van der Waals surface area contributed by atoms with Gasteiger partial charge < -0.3 is 4.40 Å². The van der Waals surface area contributed by atoms with E-state index in [0.717, 1.165) is 21.4 Å². The van der Waals surface area contributed by atoms with Gasteiger partial charge in [0.2, 0.25) is 0 Å². The fraction of sp³-hybridized carbons (Fsp3) is 0.400. The maximum Gasteiger partial charge on any atom is 0.155 e. The summed E-state index contributed by atoms with van der Waals surface area (Å²) in [6, 6.07) is 5.82. The van der Waals surface area contributed by atoms with Crippen LogP contribution in [0.15, 0.2) is 43.0 Å². The van der Waals surface area contributed by atoms with E-state index in [2.05, 4.69) is 23.8 Å². The highest BCUT2D eigenvalue weighted by molar-refractivity contribution is 6.34. The van der Waals surface area contributed by atoms with Crippen molar-refractivity contribution in [3.8, 4) is 0 Å². The average molecular weight is 378 g/mol.